The summed E-state index contributed by atoms with van der Waals surface area (Å²) in [5, 5.41) is 59.6. The van der Waals surface area contributed by atoms with Crippen LogP contribution >= 0.6 is 0 Å². The fourth-order valence-electron chi connectivity index (χ4n) is 2.08. The average Bonchev–Trinajstić information content (AvgIpc) is 2.50. The molecule has 7 N–H and O–H groups in total. The van der Waals surface area contributed by atoms with Crippen molar-refractivity contribution in [1.29, 1.82) is 0 Å². The number of phenols is 3. The summed E-state index contributed by atoms with van der Waals surface area (Å²) in [6, 6.07) is 7.82. The summed E-state index contributed by atoms with van der Waals surface area (Å²) in [6.07, 6.45) is 0. The second-order valence-electron chi connectivity index (χ2n) is 4.84. The lowest BCUT2D eigenvalue weighted by molar-refractivity contribution is 0.278. The Morgan fingerprint density at radius 1 is 0.840 bits per heavy atom. The molecule has 0 bridgehead atoms. The van der Waals surface area contributed by atoms with E-state index in [1.165, 1.54) is 30.3 Å². The average molecular weight is 348 g/mol. The van der Waals surface area contributed by atoms with Crippen LogP contribution in [0.25, 0.3) is 22.3 Å². The second kappa shape index (κ2) is 7.13. The largest absolute Gasteiger partial charge is 0.631 e. The van der Waals surface area contributed by atoms with E-state index in [0.29, 0.717) is 5.56 Å². The molecule has 0 aliphatic heterocycles. The van der Waals surface area contributed by atoms with Crippen molar-refractivity contribution in [2.45, 2.75) is 0 Å². The van der Waals surface area contributed by atoms with E-state index < -0.39 is 24.2 Å². The van der Waals surface area contributed by atoms with Gasteiger partial charge in [-0.3, -0.25) is 4.79 Å². The molecule has 0 unspecified atom stereocenters. The summed E-state index contributed by atoms with van der Waals surface area (Å²) in [5.74, 6) is -1.50. The van der Waals surface area contributed by atoms with Gasteiger partial charge in [0.25, 0.3) is 0 Å². The highest BCUT2D eigenvalue weighted by Crippen LogP contribution is 2.35. The summed E-state index contributed by atoms with van der Waals surface area (Å²) in [6.45, 7) is 0. The van der Waals surface area contributed by atoms with Crippen LogP contribution in [0.5, 0.6) is 23.0 Å². The molecule has 0 saturated carbocycles. The number of hydrogen-bond donors (Lipinski definition) is 7. The number of hydrogen-bond acceptors (Lipinski definition) is 9. The minimum atomic E-state index is -2.17. The maximum absolute atomic E-state index is 12.1. The van der Waals surface area contributed by atoms with Crippen molar-refractivity contribution in [3.8, 4) is 34.3 Å². The molecular formula is C15H13BO9. The third-order valence-electron chi connectivity index (χ3n) is 3.06. The SMILES string of the molecule is O=c1c(O)c(-c2ccc(O)cc2)oc2cc(O)cc(O)c12.OB(O)O. The minimum absolute atomic E-state index is 0.0247. The van der Waals surface area contributed by atoms with Gasteiger partial charge in [-0.05, 0) is 24.3 Å². The molecule has 0 amide bonds. The molecule has 10 heteroatoms. The molecule has 2 aromatic carbocycles. The van der Waals surface area contributed by atoms with Crippen molar-refractivity contribution in [2.24, 2.45) is 0 Å². The number of aromatic hydroxyl groups is 4. The van der Waals surface area contributed by atoms with Gasteiger partial charge in [-0.1, -0.05) is 0 Å². The van der Waals surface area contributed by atoms with Gasteiger partial charge in [-0.15, -0.1) is 0 Å². The Balaban J connectivity index is 0.000000511. The van der Waals surface area contributed by atoms with Crippen molar-refractivity contribution >= 4 is 18.3 Å². The van der Waals surface area contributed by atoms with E-state index >= 15 is 0 Å². The fourth-order valence-corrected chi connectivity index (χ4v) is 2.08. The number of fused-ring (bicyclic) bond motifs is 1. The topological polar surface area (TPSA) is 172 Å². The molecule has 0 aliphatic rings. The highest BCUT2D eigenvalue weighted by atomic mass is 16.5. The van der Waals surface area contributed by atoms with Crippen LogP contribution in [-0.4, -0.2) is 42.8 Å². The van der Waals surface area contributed by atoms with Crippen LogP contribution in [0, 0.1) is 0 Å². The zero-order valence-electron chi connectivity index (χ0n) is 12.5. The summed E-state index contributed by atoms with van der Waals surface area (Å²) in [4.78, 5) is 12.1. The molecule has 0 spiro atoms. The number of phenolic OH excluding ortho intramolecular Hbond substituents is 3. The molecule has 0 saturated heterocycles. The normalized spacial score (nSPS) is 10.2. The fraction of sp³-hybridized carbons (Fsp3) is 0. The summed E-state index contributed by atoms with van der Waals surface area (Å²) in [7, 11) is -2.17. The molecule has 0 aliphatic carbocycles. The summed E-state index contributed by atoms with van der Waals surface area (Å²) in [5.41, 5.74) is -0.498. The molecule has 1 aromatic heterocycles. The van der Waals surface area contributed by atoms with Crippen molar-refractivity contribution in [1.82, 2.24) is 0 Å². The molecule has 130 valence electrons. The lowest BCUT2D eigenvalue weighted by atomic mass is 10.1. The Kier molecular flexibility index (Phi) is 5.18. The first-order valence-corrected chi connectivity index (χ1v) is 6.76. The maximum Gasteiger partial charge on any atom is 0.631 e. The van der Waals surface area contributed by atoms with Crippen LogP contribution in [0.1, 0.15) is 0 Å². The van der Waals surface area contributed by atoms with Crippen LogP contribution in [0.2, 0.25) is 0 Å². The molecular weight excluding hydrogens is 335 g/mol. The van der Waals surface area contributed by atoms with E-state index in [1.54, 1.807) is 0 Å². The predicted octanol–water partition coefficient (Wildman–Crippen LogP) is 0.231. The third-order valence-corrected chi connectivity index (χ3v) is 3.06. The maximum atomic E-state index is 12.1. The van der Waals surface area contributed by atoms with Gasteiger partial charge in [0.2, 0.25) is 11.2 Å². The van der Waals surface area contributed by atoms with Gasteiger partial charge in [0, 0.05) is 17.7 Å². The highest BCUT2D eigenvalue weighted by molar-refractivity contribution is 6.30. The molecule has 1 heterocycles. The summed E-state index contributed by atoms with van der Waals surface area (Å²) < 4.78 is 5.41. The van der Waals surface area contributed by atoms with E-state index in [0.717, 1.165) is 6.07 Å². The van der Waals surface area contributed by atoms with Gasteiger partial charge in [0.05, 0.1) is 0 Å². The zero-order chi connectivity index (χ0) is 18.7. The quantitative estimate of drug-likeness (QED) is 0.304. The molecule has 0 radical (unpaired) electrons. The van der Waals surface area contributed by atoms with Gasteiger partial charge < -0.3 is 39.9 Å². The van der Waals surface area contributed by atoms with Crippen molar-refractivity contribution in [3.05, 3.63) is 46.6 Å². The first-order chi connectivity index (χ1) is 11.7. The van der Waals surface area contributed by atoms with Crippen LogP contribution < -0.4 is 5.43 Å². The van der Waals surface area contributed by atoms with E-state index in [-0.39, 0.29) is 28.2 Å². The molecule has 25 heavy (non-hydrogen) atoms. The third kappa shape index (κ3) is 4.01. The first-order valence-electron chi connectivity index (χ1n) is 6.76. The standard InChI is InChI=1S/C15H10O6.BH3O3/c16-8-3-1-7(2-4-8)15-14(20)13(19)12-10(18)5-9(17)6-11(12)21-15;2-1(3)4/h1-6,16-18,20H;2-4H. The Hall–Kier alpha value is -3.21. The zero-order valence-corrected chi connectivity index (χ0v) is 12.5. The van der Waals surface area contributed by atoms with Crippen molar-refractivity contribution in [3.63, 3.8) is 0 Å². The van der Waals surface area contributed by atoms with Crippen molar-refractivity contribution in [2.75, 3.05) is 0 Å². The molecule has 9 nitrogen and oxygen atoms in total. The van der Waals surface area contributed by atoms with E-state index in [2.05, 4.69) is 0 Å². The highest BCUT2D eigenvalue weighted by Gasteiger charge is 2.18. The Morgan fingerprint density at radius 2 is 1.40 bits per heavy atom. The number of rotatable bonds is 1. The predicted molar refractivity (Wildman–Crippen MR) is 87.0 cm³/mol. The van der Waals surface area contributed by atoms with Crippen molar-refractivity contribution < 1.29 is 39.9 Å². The Labute approximate surface area is 140 Å². The van der Waals surface area contributed by atoms with Crippen LogP contribution in [0.3, 0.4) is 0 Å². The Morgan fingerprint density at radius 3 is 1.96 bits per heavy atom. The van der Waals surface area contributed by atoms with E-state index in [4.69, 9.17) is 19.5 Å². The summed E-state index contributed by atoms with van der Waals surface area (Å²) >= 11 is 0. The molecule has 3 aromatic rings. The molecule has 3 rings (SSSR count). The van der Waals surface area contributed by atoms with E-state index in [9.17, 15) is 25.2 Å². The smallest absolute Gasteiger partial charge is 0.508 e. The molecule has 0 atom stereocenters. The van der Waals surface area contributed by atoms with Gasteiger partial charge in [-0.25, -0.2) is 0 Å². The van der Waals surface area contributed by atoms with Gasteiger partial charge in [-0.2, -0.15) is 0 Å². The van der Waals surface area contributed by atoms with Crippen LogP contribution in [0.15, 0.2) is 45.6 Å². The van der Waals surface area contributed by atoms with Crippen LogP contribution in [0.4, 0.5) is 0 Å². The van der Waals surface area contributed by atoms with Gasteiger partial charge in [0.1, 0.15) is 28.2 Å². The minimum Gasteiger partial charge on any atom is -0.508 e. The lowest BCUT2D eigenvalue weighted by Crippen LogP contribution is -2.07. The van der Waals surface area contributed by atoms with Gasteiger partial charge >= 0.3 is 7.32 Å². The Bertz CT molecular complexity index is 945. The van der Waals surface area contributed by atoms with Gasteiger partial charge in [0.15, 0.2) is 5.76 Å². The van der Waals surface area contributed by atoms with E-state index in [1.807, 2.05) is 0 Å². The molecule has 0 fully saturated rings. The lowest BCUT2D eigenvalue weighted by Gasteiger charge is -2.07. The monoisotopic (exact) mass is 348 g/mol. The van der Waals surface area contributed by atoms with Crippen LogP contribution in [-0.2, 0) is 0 Å². The number of benzene rings is 2. The first kappa shape index (κ1) is 18.1. The second-order valence-corrected chi connectivity index (χ2v) is 4.84.